The number of nitrogens with one attached hydrogen (secondary N) is 2. The zero-order valence-electron chi connectivity index (χ0n) is 9.09. The molecule has 1 aliphatic heterocycles. The first-order valence-electron chi connectivity index (χ1n) is 5.30. The van der Waals surface area contributed by atoms with Crippen LogP contribution in [-0.2, 0) is 13.0 Å². The van der Waals surface area contributed by atoms with Gasteiger partial charge in [0.2, 0.25) is 0 Å². The van der Waals surface area contributed by atoms with Gasteiger partial charge in [-0.15, -0.1) is 11.3 Å². The fraction of sp³-hybridized carbons (Fsp3) is 0.545. The lowest BCUT2D eigenvalue weighted by atomic mass is 10.1. The molecular weight excluding hydrogens is 208 g/mol. The number of thiophene rings is 1. The van der Waals surface area contributed by atoms with Gasteiger partial charge < -0.3 is 10.6 Å². The van der Waals surface area contributed by atoms with Crippen LogP contribution in [0.4, 0.5) is 0 Å². The van der Waals surface area contributed by atoms with E-state index in [1.807, 2.05) is 19.9 Å². The van der Waals surface area contributed by atoms with Crippen LogP contribution in [0.2, 0.25) is 0 Å². The third-order valence-electron chi connectivity index (χ3n) is 2.38. The van der Waals surface area contributed by atoms with Gasteiger partial charge in [0.15, 0.2) is 0 Å². The van der Waals surface area contributed by atoms with Gasteiger partial charge in [-0.3, -0.25) is 4.79 Å². The Kier molecular flexibility index (Phi) is 3.07. The standard InChI is InChI=1S/C11H16N2OS/c1-7(2)13-11(14)10-5-8-6-12-4-3-9(8)15-10/h5,7,12H,3-4,6H2,1-2H3,(H,13,14). The zero-order valence-corrected chi connectivity index (χ0v) is 9.91. The average Bonchev–Trinajstić information content (AvgIpc) is 2.59. The second kappa shape index (κ2) is 4.33. The van der Waals surface area contributed by atoms with E-state index < -0.39 is 0 Å². The third-order valence-corrected chi connectivity index (χ3v) is 3.62. The fourth-order valence-electron chi connectivity index (χ4n) is 1.70. The highest BCUT2D eigenvalue weighted by molar-refractivity contribution is 7.14. The summed E-state index contributed by atoms with van der Waals surface area (Å²) >= 11 is 1.63. The molecule has 0 bridgehead atoms. The highest BCUT2D eigenvalue weighted by atomic mass is 32.1. The zero-order chi connectivity index (χ0) is 10.8. The van der Waals surface area contributed by atoms with Crippen molar-refractivity contribution in [2.75, 3.05) is 6.54 Å². The number of amides is 1. The predicted molar refractivity (Wildman–Crippen MR) is 62.3 cm³/mol. The Bertz CT molecular complexity index is 347. The van der Waals surface area contributed by atoms with Crippen LogP contribution in [-0.4, -0.2) is 18.5 Å². The van der Waals surface area contributed by atoms with Crippen molar-refractivity contribution in [3.63, 3.8) is 0 Å². The molecule has 0 saturated heterocycles. The molecule has 3 nitrogen and oxygen atoms in total. The summed E-state index contributed by atoms with van der Waals surface area (Å²) in [5, 5.41) is 6.23. The number of carbonyl (C=O) groups is 1. The van der Waals surface area contributed by atoms with E-state index in [0.717, 1.165) is 24.4 Å². The van der Waals surface area contributed by atoms with Gasteiger partial charge >= 0.3 is 0 Å². The molecule has 82 valence electrons. The van der Waals surface area contributed by atoms with Gasteiger partial charge in [0.1, 0.15) is 0 Å². The van der Waals surface area contributed by atoms with E-state index in [9.17, 15) is 4.79 Å². The van der Waals surface area contributed by atoms with Crippen LogP contribution in [0.15, 0.2) is 6.07 Å². The molecule has 2 rings (SSSR count). The first-order chi connectivity index (χ1) is 7.16. The van der Waals surface area contributed by atoms with E-state index in [0.29, 0.717) is 0 Å². The van der Waals surface area contributed by atoms with Crippen molar-refractivity contribution < 1.29 is 4.79 Å². The second-order valence-corrected chi connectivity index (χ2v) is 5.25. The van der Waals surface area contributed by atoms with Crippen molar-refractivity contribution in [2.45, 2.75) is 32.9 Å². The number of rotatable bonds is 2. The molecule has 0 atom stereocenters. The predicted octanol–water partition coefficient (Wildman–Crippen LogP) is 1.53. The van der Waals surface area contributed by atoms with Crippen LogP contribution in [0.5, 0.6) is 0 Å². The number of fused-ring (bicyclic) bond motifs is 1. The highest BCUT2D eigenvalue weighted by Crippen LogP contribution is 2.25. The molecule has 1 aromatic heterocycles. The minimum Gasteiger partial charge on any atom is -0.349 e. The van der Waals surface area contributed by atoms with E-state index in [-0.39, 0.29) is 11.9 Å². The Morgan fingerprint density at radius 2 is 2.40 bits per heavy atom. The molecule has 2 N–H and O–H groups in total. The van der Waals surface area contributed by atoms with E-state index in [1.165, 1.54) is 10.4 Å². The van der Waals surface area contributed by atoms with Crippen molar-refractivity contribution in [2.24, 2.45) is 0 Å². The molecular formula is C11H16N2OS. The lowest BCUT2D eigenvalue weighted by Crippen LogP contribution is -2.29. The number of hydrogen-bond acceptors (Lipinski definition) is 3. The van der Waals surface area contributed by atoms with Crippen molar-refractivity contribution in [1.29, 1.82) is 0 Å². The molecule has 1 aliphatic rings. The normalized spacial score (nSPS) is 15.1. The van der Waals surface area contributed by atoms with Gasteiger partial charge in [-0.25, -0.2) is 0 Å². The molecule has 0 unspecified atom stereocenters. The molecule has 15 heavy (non-hydrogen) atoms. The molecule has 2 heterocycles. The fourth-order valence-corrected chi connectivity index (χ4v) is 2.78. The number of carbonyl (C=O) groups excluding carboxylic acids is 1. The van der Waals surface area contributed by atoms with Gasteiger partial charge in [0.05, 0.1) is 4.88 Å². The van der Waals surface area contributed by atoms with Crippen molar-refractivity contribution in [3.8, 4) is 0 Å². The monoisotopic (exact) mass is 224 g/mol. The summed E-state index contributed by atoms with van der Waals surface area (Å²) in [5.74, 6) is 0.0596. The minimum absolute atomic E-state index is 0.0596. The Morgan fingerprint density at radius 1 is 1.60 bits per heavy atom. The van der Waals surface area contributed by atoms with Crippen molar-refractivity contribution in [1.82, 2.24) is 10.6 Å². The van der Waals surface area contributed by atoms with Crippen LogP contribution in [0.25, 0.3) is 0 Å². The first kappa shape index (κ1) is 10.6. The Hall–Kier alpha value is -0.870. The highest BCUT2D eigenvalue weighted by Gasteiger charge is 2.16. The summed E-state index contributed by atoms with van der Waals surface area (Å²) in [6.45, 7) is 5.89. The first-order valence-corrected chi connectivity index (χ1v) is 6.11. The minimum atomic E-state index is 0.0596. The average molecular weight is 224 g/mol. The lowest BCUT2D eigenvalue weighted by molar-refractivity contribution is 0.0947. The summed E-state index contributed by atoms with van der Waals surface area (Å²) < 4.78 is 0. The smallest absolute Gasteiger partial charge is 0.261 e. The molecule has 1 amide bonds. The summed E-state index contributed by atoms with van der Waals surface area (Å²) in [4.78, 5) is 14.0. The molecule has 0 aromatic carbocycles. The van der Waals surface area contributed by atoms with E-state index in [2.05, 4.69) is 10.6 Å². The Labute approximate surface area is 93.9 Å². The lowest BCUT2D eigenvalue weighted by Gasteiger charge is -2.10. The van der Waals surface area contributed by atoms with Gasteiger partial charge in [-0.2, -0.15) is 0 Å². The molecule has 0 fully saturated rings. The van der Waals surface area contributed by atoms with Gasteiger partial charge in [-0.05, 0) is 31.9 Å². The molecule has 0 spiro atoms. The maximum Gasteiger partial charge on any atom is 0.261 e. The summed E-state index contributed by atoms with van der Waals surface area (Å²) in [7, 11) is 0. The van der Waals surface area contributed by atoms with Gasteiger partial charge in [0.25, 0.3) is 5.91 Å². The van der Waals surface area contributed by atoms with Crippen molar-refractivity contribution in [3.05, 3.63) is 21.4 Å². The molecule has 0 radical (unpaired) electrons. The van der Waals surface area contributed by atoms with E-state index in [4.69, 9.17) is 0 Å². The quantitative estimate of drug-likeness (QED) is 0.800. The summed E-state index contributed by atoms with van der Waals surface area (Å²) in [6, 6.07) is 2.22. The SMILES string of the molecule is CC(C)NC(=O)c1cc2c(s1)CCNC2. The maximum atomic E-state index is 11.8. The van der Waals surface area contributed by atoms with Crippen LogP contribution in [0.3, 0.4) is 0 Å². The van der Waals surface area contributed by atoms with Gasteiger partial charge in [0, 0.05) is 24.0 Å². The van der Waals surface area contributed by atoms with Crippen LogP contribution in [0.1, 0.15) is 34.0 Å². The molecule has 0 saturated carbocycles. The van der Waals surface area contributed by atoms with E-state index in [1.54, 1.807) is 11.3 Å². The third kappa shape index (κ3) is 2.38. The molecule has 4 heteroatoms. The maximum absolute atomic E-state index is 11.8. The Balaban J connectivity index is 2.15. The molecule has 1 aromatic rings. The Morgan fingerprint density at radius 3 is 3.07 bits per heavy atom. The molecule has 0 aliphatic carbocycles. The van der Waals surface area contributed by atoms with Crippen molar-refractivity contribution >= 4 is 17.2 Å². The topological polar surface area (TPSA) is 41.1 Å². The van der Waals surface area contributed by atoms with Crippen LogP contribution in [0, 0.1) is 0 Å². The van der Waals surface area contributed by atoms with Crippen LogP contribution >= 0.6 is 11.3 Å². The number of hydrogen-bond donors (Lipinski definition) is 2. The van der Waals surface area contributed by atoms with Gasteiger partial charge in [-0.1, -0.05) is 0 Å². The largest absolute Gasteiger partial charge is 0.349 e. The van der Waals surface area contributed by atoms with E-state index >= 15 is 0 Å². The summed E-state index contributed by atoms with van der Waals surface area (Å²) in [5.41, 5.74) is 1.29. The van der Waals surface area contributed by atoms with Crippen LogP contribution < -0.4 is 10.6 Å². The second-order valence-electron chi connectivity index (χ2n) is 4.11. The summed E-state index contributed by atoms with van der Waals surface area (Å²) in [6.07, 6.45) is 1.05.